The summed E-state index contributed by atoms with van der Waals surface area (Å²) in [4.78, 5) is 41.9. The van der Waals surface area contributed by atoms with Gasteiger partial charge in [0.05, 0.1) is 39.6 Å². The van der Waals surface area contributed by atoms with Crippen LogP contribution in [-0.4, -0.2) is 78.1 Å². The van der Waals surface area contributed by atoms with Crippen molar-refractivity contribution >= 4 is 14.6 Å². The number of benzene rings is 5. The van der Waals surface area contributed by atoms with Gasteiger partial charge in [-0.3, -0.25) is 14.3 Å². The summed E-state index contributed by atoms with van der Waals surface area (Å²) in [7, 11) is 1.38. The number of carbonyl (C=O) groups excluding carboxylic acids is 1. The number of methoxy groups -OCH3 is 2. The van der Waals surface area contributed by atoms with Crippen molar-refractivity contribution in [3.05, 3.63) is 200 Å². The minimum Gasteiger partial charge on any atom is -0.497 e. The fraction of sp³-hybridized carbons (Fsp3) is 0.352. The third-order valence-electron chi connectivity index (χ3n) is 12.0. The van der Waals surface area contributed by atoms with Crippen molar-refractivity contribution in [3.8, 4) is 11.5 Å². The Morgan fingerprint density at radius 2 is 1.32 bits per heavy atom. The molecule has 1 amide bonds. The molecule has 15 heteroatoms. The fourth-order valence-electron chi connectivity index (χ4n) is 8.59. The summed E-state index contributed by atoms with van der Waals surface area (Å²) in [6, 6.07) is 44.3. The second kappa shape index (κ2) is 23.9. The Hall–Kier alpha value is -6.12. The fourth-order valence-corrected chi connectivity index (χ4v) is 10.4. The predicted molar refractivity (Wildman–Crippen MR) is 266 cm³/mol. The second-order valence-electron chi connectivity index (χ2n) is 17.5. The molecule has 1 aromatic heterocycles. The van der Waals surface area contributed by atoms with E-state index in [1.807, 2.05) is 140 Å². The summed E-state index contributed by atoms with van der Waals surface area (Å²) < 4.78 is 48.7. The van der Waals surface area contributed by atoms with Crippen LogP contribution in [0.5, 0.6) is 11.5 Å². The molecule has 2 heterocycles. The Morgan fingerprint density at radius 1 is 0.783 bits per heavy atom. The van der Waals surface area contributed by atoms with Gasteiger partial charge in [0, 0.05) is 30.3 Å². The highest BCUT2D eigenvalue weighted by Crippen LogP contribution is 2.51. The lowest BCUT2D eigenvalue weighted by atomic mass is 9.80. The lowest BCUT2D eigenvalue weighted by molar-refractivity contribution is -0.0926. The molecule has 5 atom stereocenters. The molecule has 2 N–H and O–H groups in total. The van der Waals surface area contributed by atoms with Crippen LogP contribution in [0.1, 0.15) is 73.7 Å². The van der Waals surface area contributed by atoms with Crippen LogP contribution in [0.2, 0.25) is 0 Å². The number of aryl methyl sites for hydroxylation is 1. The Balaban J connectivity index is 1.24. The molecule has 0 spiro atoms. The first-order valence-corrected chi connectivity index (χ1v) is 24.4. The summed E-state index contributed by atoms with van der Waals surface area (Å²) in [6.07, 6.45) is -0.681. The molecule has 1 unspecified atom stereocenters. The Labute approximate surface area is 405 Å². The van der Waals surface area contributed by atoms with Crippen LogP contribution in [0, 0.1) is 6.92 Å². The van der Waals surface area contributed by atoms with Crippen molar-refractivity contribution in [2.75, 3.05) is 27.4 Å². The van der Waals surface area contributed by atoms with Crippen molar-refractivity contribution in [1.29, 1.82) is 0 Å². The van der Waals surface area contributed by atoms with E-state index in [0.29, 0.717) is 23.5 Å². The quantitative estimate of drug-likeness (QED) is 0.0495. The SMILES string of the molecule is COc1ccc(C(OC[C@H]2O[C@@H](n3cc(C)c(=O)[nH]c3=O)C[C@@H]2OP(OC[C@H](Cc2ccccc2)NC(=O)OCc2ccccc2)N(C(C)C)C(C)C)(c2ccccc2)c2ccc(OC)cc2)cc1. The van der Waals surface area contributed by atoms with Crippen LogP contribution < -0.4 is 26.0 Å². The van der Waals surface area contributed by atoms with Gasteiger partial charge in [-0.05, 0) is 93.1 Å². The van der Waals surface area contributed by atoms with Crippen molar-refractivity contribution in [2.24, 2.45) is 0 Å². The normalized spacial score (nSPS) is 16.9. The number of hydrogen-bond donors (Lipinski definition) is 2. The topological polar surface area (TPSA) is 152 Å². The zero-order valence-electron chi connectivity index (χ0n) is 40.3. The molecule has 364 valence electrons. The number of nitrogens with one attached hydrogen (secondary N) is 2. The first kappa shape index (κ1) is 50.7. The zero-order valence-corrected chi connectivity index (χ0v) is 41.2. The molecule has 0 radical (unpaired) electrons. The number of aromatic amines is 1. The molecule has 6 aromatic rings. The molecule has 7 rings (SSSR count). The third-order valence-corrected chi connectivity index (χ3v) is 14.1. The van der Waals surface area contributed by atoms with Crippen molar-refractivity contribution < 1.29 is 37.5 Å². The van der Waals surface area contributed by atoms with Gasteiger partial charge in [0.1, 0.15) is 36.0 Å². The summed E-state index contributed by atoms with van der Waals surface area (Å²) in [6.45, 7) is 10.2. The summed E-state index contributed by atoms with van der Waals surface area (Å²) in [5.41, 5.74) is 2.47. The Kier molecular flexibility index (Phi) is 17.6. The molecule has 1 saturated heterocycles. The van der Waals surface area contributed by atoms with Gasteiger partial charge in [-0.2, -0.15) is 0 Å². The average molecular weight is 959 g/mol. The molecule has 1 aliphatic rings. The van der Waals surface area contributed by atoms with Gasteiger partial charge in [0.2, 0.25) is 0 Å². The molecule has 0 saturated carbocycles. The molecule has 14 nitrogen and oxygen atoms in total. The van der Waals surface area contributed by atoms with E-state index in [0.717, 1.165) is 27.8 Å². The van der Waals surface area contributed by atoms with E-state index >= 15 is 0 Å². The van der Waals surface area contributed by atoms with E-state index in [2.05, 4.69) is 42.7 Å². The van der Waals surface area contributed by atoms with E-state index in [1.165, 1.54) is 10.8 Å². The highest BCUT2D eigenvalue weighted by atomic mass is 31.2. The molecule has 1 aliphatic heterocycles. The predicted octanol–water partition coefficient (Wildman–Crippen LogP) is 9.44. The van der Waals surface area contributed by atoms with Gasteiger partial charge < -0.3 is 38.0 Å². The maximum Gasteiger partial charge on any atom is 0.407 e. The maximum absolute atomic E-state index is 13.5. The lowest BCUT2D eigenvalue weighted by Crippen LogP contribution is -2.42. The highest BCUT2D eigenvalue weighted by molar-refractivity contribution is 7.44. The number of ether oxygens (including phenoxy) is 5. The summed E-state index contributed by atoms with van der Waals surface area (Å²) in [5, 5.41) is 3.06. The minimum atomic E-state index is -1.87. The Bertz CT molecular complexity index is 2590. The van der Waals surface area contributed by atoms with Gasteiger partial charge >= 0.3 is 11.8 Å². The molecule has 69 heavy (non-hydrogen) atoms. The van der Waals surface area contributed by atoms with Gasteiger partial charge in [0.15, 0.2) is 0 Å². The lowest BCUT2D eigenvalue weighted by Gasteiger charge is -2.39. The number of aromatic nitrogens is 2. The number of hydrogen-bond acceptors (Lipinski definition) is 11. The Morgan fingerprint density at radius 3 is 1.87 bits per heavy atom. The third kappa shape index (κ3) is 12.8. The van der Waals surface area contributed by atoms with Gasteiger partial charge in [0.25, 0.3) is 14.1 Å². The van der Waals surface area contributed by atoms with E-state index in [4.69, 9.17) is 32.7 Å². The number of alkyl carbamates (subject to hydrolysis) is 1. The molecular weight excluding hydrogens is 896 g/mol. The van der Waals surface area contributed by atoms with Gasteiger partial charge in [-0.15, -0.1) is 0 Å². The summed E-state index contributed by atoms with van der Waals surface area (Å²) in [5.74, 6) is 1.37. The molecule has 0 aliphatic carbocycles. The molecule has 0 bridgehead atoms. The number of nitrogens with zero attached hydrogens (tertiary/aromatic N) is 2. The van der Waals surface area contributed by atoms with Crippen molar-refractivity contribution in [1.82, 2.24) is 19.5 Å². The first-order chi connectivity index (χ1) is 33.4. The van der Waals surface area contributed by atoms with Crippen LogP contribution >= 0.6 is 8.53 Å². The molecule has 1 fully saturated rings. The smallest absolute Gasteiger partial charge is 0.407 e. The van der Waals surface area contributed by atoms with E-state index in [-0.39, 0.29) is 38.3 Å². The molecular formula is C54H63N4O10P. The second-order valence-corrected chi connectivity index (χ2v) is 18.9. The van der Waals surface area contributed by atoms with Crippen LogP contribution in [0.4, 0.5) is 4.79 Å². The maximum atomic E-state index is 13.5. The van der Waals surface area contributed by atoms with Gasteiger partial charge in [-0.25, -0.2) is 14.3 Å². The number of amides is 1. The van der Waals surface area contributed by atoms with E-state index in [1.54, 1.807) is 21.1 Å². The largest absolute Gasteiger partial charge is 0.497 e. The highest BCUT2D eigenvalue weighted by Gasteiger charge is 2.45. The number of rotatable bonds is 22. The standard InChI is InChI=1S/C54H63N4O10P/c1-37(2)58(38(3)4)69(66-35-45(31-40-17-11-8-12-18-40)55-53(61)64-34-41-19-13-9-14-20-41)68-48-32-50(57-33-39(5)51(59)56-52(57)60)67-49(48)36-65-54(42-21-15-10-16-22-42,43-23-27-46(62-6)28-24-43)44-25-29-47(63-7)30-26-44/h8-30,33,37-38,45,48-50H,31-32,34-36H2,1-7H3,(H,55,61)(H,56,59,60)/t45-,48-,49+,50+,69?/m0/s1. The zero-order chi connectivity index (χ0) is 48.9. The van der Waals surface area contributed by atoms with E-state index < -0.39 is 55.9 Å². The first-order valence-electron chi connectivity index (χ1n) is 23.2. The van der Waals surface area contributed by atoms with E-state index in [9.17, 15) is 14.4 Å². The number of H-pyrrole nitrogens is 1. The monoisotopic (exact) mass is 958 g/mol. The minimum absolute atomic E-state index is 0.0107. The van der Waals surface area contributed by atoms with Crippen molar-refractivity contribution in [2.45, 2.75) is 96.2 Å². The van der Waals surface area contributed by atoms with Crippen LogP contribution in [-0.2, 0) is 41.9 Å². The number of carbonyl (C=O) groups is 1. The van der Waals surface area contributed by atoms with Crippen LogP contribution in [0.3, 0.4) is 0 Å². The average Bonchev–Trinajstić information content (AvgIpc) is 3.76. The molecule has 5 aromatic carbocycles. The van der Waals surface area contributed by atoms with Crippen LogP contribution in [0.15, 0.2) is 155 Å². The summed E-state index contributed by atoms with van der Waals surface area (Å²) >= 11 is 0. The van der Waals surface area contributed by atoms with Crippen LogP contribution in [0.25, 0.3) is 0 Å². The van der Waals surface area contributed by atoms with Crippen molar-refractivity contribution in [3.63, 3.8) is 0 Å². The van der Waals surface area contributed by atoms with Gasteiger partial charge in [-0.1, -0.05) is 115 Å².